The van der Waals surface area contributed by atoms with Crippen LogP contribution in [0.2, 0.25) is 0 Å². The number of halogens is 6. The Balaban J connectivity index is 2.05. The van der Waals surface area contributed by atoms with Crippen LogP contribution >= 0.6 is 15.9 Å². The normalized spacial score (nSPS) is 16.3. The lowest BCUT2D eigenvalue weighted by Gasteiger charge is -2.36. The smallest absolute Gasteiger partial charge is 0.367 e. The maximum Gasteiger partial charge on any atom is 0.471 e. The van der Waals surface area contributed by atoms with E-state index in [1.165, 1.54) is 18.2 Å². The SMILES string of the molecule is O=C(N1CCN(c2ccc(C(F)F)cc2Br)CC1)C(F)(F)F. The number of nitrogens with zero attached hydrogens (tertiary/aromatic N) is 2. The van der Waals surface area contributed by atoms with Crippen LogP contribution in [-0.2, 0) is 4.79 Å². The molecule has 0 bridgehead atoms. The summed E-state index contributed by atoms with van der Waals surface area (Å²) in [6.45, 7) is 0.269. The van der Waals surface area contributed by atoms with Crippen LogP contribution in [0.15, 0.2) is 22.7 Å². The molecule has 122 valence electrons. The first kappa shape index (κ1) is 17.0. The highest BCUT2D eigenvalue weighted by Gasteiger charge is 2.43. The standard InChI is InChI=1S/C13H12BrF5N2O/c14-9-7-8(11(15)16)1-2-10(9)20-3-5-21(6-4-20)12(22)13(17,18)19/h1-2,7,11H,3-6H2. The predicted octanol–water partition coefficient (Wildman–Crippen LogP) is 3.60. The van der Waals surface area contributed by atoms with E-state index in [1.54, 1.807) is 4.90 Å². The van der Waals surface area contributed by atoms with Crippen LogP contribution in [0, 0.1) is 0 Å². The molecule has 0 atom stereocenters. The Labute approximate surface area is 131 Å². The Morgan fingerprint density at radius 3 is 2.18 bits per heavy atom. The maximum atomic E-state index is 12.6. The number of carbonyl (C=O) groups excluding carboxylic acids is 1. The number of piperazine rings is 1. The molecule has 0 N–H and O–H groups in total. The largest absolute Gasteiger partial charge is 0.471 e. The van der Waals surface area contributed by atoms with Crippen LogP contribution in [0.25, 0.3) is 0 Å². The number of anilines is 1. The summed E-state index contributed by atoms with van der Waals surface area (Å²) in [7, 11) is 0. The molecule has 22 heavy (non-hydrogen) atoms. The number of amides is 1. The Morgan fingerprint density at radius 2 is 1.73 bits per heavy atom. The number of hydrogen-bond acceptors (Lipinski definition) is 2. The van der Waals surface area contributed by atoms with Crippen molar-refractivity contribution in [3.8, 4) is 0 Å². The Morgan fingerprint density at radius 1 is 1.14 bits per heavy atom. The summed E-state index contributed by atoms with van der Waals surface area (Å²) < 4.78 is 62.7. The zero-order valence-corrected chi connectivity index (χ0v) is 12.8. The summed E-state index contributed by atoms with van der Waals surface area (Å²) in [4.78, 5) is 13.6. The van der Waals surface area contributed by atoms with Gasteiger partial charge < -0.3 is 9.80 Å². The molecular formula is C13H12BrF5N2O. The van der Waals surface area contributed by atoms with E-state index in [1.807, 2.05) is 0 Å². The minimum Gasteiger partial charge on any atom is -0.367 e. The summed E-state index contributed by atoms with van der Waals surface area (Å²) in [5.74, 6) is -1.85. The van der Waals surface area contributed by atoms with Gasteiger partial charge in [-0.25, -0.2) is 8.78 Å². The molecule has 0 spiro atoms. The number of rotatable bonds is 2. The highest BCUT2D eigenvalue weighted by molar-refractivity contribution is 9.10. The second-order valence-corrected chi connectivity index (χ2v) is 5.64. The molecule has 0 saturated carbocycles. The van der Waals surface area contributed by atoms with Crippen molar-refractivity contribution < 1.29 is 26.7 Å². The molecular weight excluding hydrogens is 375 g/mol. The van der Waals surface area contributed by atoms with Gasteiger partial charge in [0.25, 0.3) is 6.43 Å². The van der Waals surface area contributed by atoms with Gasteiger partial charge in [-0.05, 0) is 28.1 Å². The van der Waals surface area contributed by atoms with Gasteiger partial charge in [0.15, 0.2) is 0 Å². The van der Waals surface area contributed by atoms with Crippen molar-refractivity contribution >= 4 is 27.5 Å². The molecule has 1 aliphatic rings. The van der Waals surface area contributed by atoms with Crippen LogP contribution in [0.5, 0.6) is 0 Å². The third kappa shape index (κ3) is 3.68. The third-order valence-corrected chi connectivity index (χ3v) is 4.01. The van der Waals surface area contributed by atoms with Gasteiger partial charge >= 0.3 is 12.1 Å². The molecule has 0 aromatic heterocycles. The van der Waals surface area contributed by atoms with E-state index in [0.29, 0.717) is 10.2 Å². The van der Waals surface area contributed by atoms with Gasteiger partial charge in [-0.1, -0.05) is 6.07 Å². The van der Waals surface area contributed by atoms with Crippen LogP contribution in [0.3, 0.4) is 0 Å². The number of hydrogen-bond donors (Lipinski definition) is 0. The highest BCUT2D eigenvalue weighted by Crippen LogP contribution is 2.32. The summed E-state index contributed by atoms with van der Waals surface area (Å²) in [5, 5.41) is 0. The summed E-state index contributed by atoms with van der Waals surface area (Å²) >= 11 is 3.19. The van der Waals surface area contributed by atoms with Gasteiger partial charge in [0.1, 0.15) is 0 Å². The fourth-order valence-corrected chi connectivity index (χ4v) is 2.89. The van der Waals surface area contributed by atoms with Gasteiger partial charge in [-0.15, -0.1) is 0 Å². The molecule has 1 heterocycles. The fraction of sp³-hybridized carbons (Fsp3) is 0.462. The second kappa shape index (κ2) is 6.39. The molecule has 0 radical (unpaired) electrons. The molecule has 9 heteroatoms. The summed E-state index contributed by atoms with van der Waals surface area (Å²) in [5.41, 5.74) is 0.477. The number of benzene rings is 1. The molecule has 1 fully saturated rings. The Hall–Kier alpha value is -1.38. The quantitative estimate of drug-likeness (QED) is 0.725. The van der Waals surface area contributed by atoms with Crippen LogP contribution in [0.1, 0.15) is 12.0 Å². The lowest BCUT2D eigenvalue weighted by molar-refractivity contribution is -0.185. The van der Waals surface area contributed by atoms with Crippen molar-refractivity contribution in [3.05, 3.63) is 28.2 Å². The molecule has 3 nitrogen and oxygen atoms in total. The average Bonchev–Trinajstić information content (AvgIpc) is 2.45. The van der Waals surface area contributed by atoms with Gasteiger partial charge in [0.05, 0.1) is 5.69 Å². The average molecular weight is 387 g/mol. The van der Waals surface area contributed by atoms with Crippen molar-refractivity contribution in [2.24, 2.45) is 0 Å². The van der Waals surface area contributed by atoms with E-state index in [-0.39, 0.29) is 31.7 Å². The predicted molar refractivity (Wildman–Crippen MR) is 73.9 cm³/mol. The van der Waals surface area contributed by atoms with Gasteiger partial charge in [0.2, 0.25) is 0 Å². The van der Waals surface area contributed by atoms with Crippen LogP contribution in [0.4, 0.5) is 27.6 Å². The van der Waals surface area contributed by atoms with E-state index >= 15 is 0 Å². The van der Waals surface area contributed by atoms with Crippen LogP contribution in [-0.4, -0.2) is 43.2 Å². The lowest BCUT2D eigenvalue weighted by atomic mass is 10.2. The summed E-state index contributed by atoms with van der Waals surface area (Å²) in [6, 6.07) is 4.05. The molecule has 1 aromatic carbocycles. The first-order chi connectivity index (χ1) is 10.2. The zero-order valence-electron chi connectivity index (χ0n) is 11.2. The van der Waals surface area contributed by atoms with Crippen molar-refractivity contribution in [1.82, 2.24) is 4.90 Å². The second-order valence-electron chi connectivity index (χ2n) is 4.79. The minimum atomic E-state index is -4.87. The number of alkyl halides is 5. The van der Waals surface area contributed by atoms with Crippen molar-refractivity contribution in [3.63, 3.8) is 0 Å². The van der Waals surface area contributed by atoms with Gasteiger partial charge in [-0.3, -0.25) is 4.79 Å². The van der Waals surface area contributed by atoms with E-state index in [0.717, 1.165) is 4.90 Å². The fourth-order valence-electron chi connectivity index (χ4n) is 2.25. The van der Waals surface area contributed by atoms with E-state index in [9.17, 15) is 26.7 Å². The lowest BCUT2D eigenvalue weighted by Crippen LogP contribution is -2.52. The first-order valence-electron chi connectivity index (χ1n) is 6.39. The molecule has 1 aromatic rings. The summed E-state index contributed by atoms with van der Waals surface area (Å²) in [6.07, 6.45) is -7.46. The molecule has 1 saturated heterocycles. The Bertz CT molecular complexity index is 556. The van der Waals surface area contributed by atoms with E-state index in [4.69, 9.17) is 0 Å². The third-order valence-electron chi connectivity index (χ3n) is 3.37. The van der Waals surface area contributed by atoms with E-state index < -0.39 is 18.5 Å². The van der Waals surface area contributed by atoms with Crippen LogP contribution < -0.4 is 4.90 Å². The minimum absolute atomic E-state index is 0.0681. The molecule has 0 unspecified atom stereocenters. The van der Waals surface area contributed by atoms with Crippen molar-refractivity contribution in [1.29, 1.82) is 0 Å². The zero-order chi connectivity index (χ0) is 16.5. The monoisotopic (exact) mass is 386 g/mol. The first-order valence-corrected chi connectivity index (χ1v) is 7.18. The molecule has 1 aliphatic heterocycles. The molecule has 2 rings (SSSR count). The van der Waals surface area contributed by atoms with E-state index in [2.05, 4.69) is 15.9 Å². The van der Waals surface area contributed by atoms with Crippen molar-refractivity contribution in [2.45, 2.75) is 12.6 Å². The molecule has 1 amide bonds. The van der Waals surface area contributed by atoms with Gasteiger partial charge in [-0.2, -0.15) is 13.2 Å². The maximum absolute atomic E-state index is 12.6. The Kier molecular flexibility index (Phi) is 4.93. The number of carbonyl (C=O) groups is 1. The van der Waals surface area contributed by atoms with Gasteiger partial charge in [0, 0.05) is 36.2 Å². The molecule has 0 aliphatic carbocycles. The highest BCUT2D eigenvalue weighted by atomic mass is 79.9. The topological polar surface area (TPSA) is 23.6 Å². The van der Waals surface area contributed by atoms with Crippen molar-refractivity contribution in [2.75, 3.05) is 31.1 Å².